The van der Waals surface area contributed by atoms with Crippen LogP contribution >= 0.6 is 0 Å². The topological polar surface area (TPSA) is 65.7 Å². The first-order valence-electron chi connectivity index (χ1n) is 7.37. The molecule has 1 atom stereocenters. The third-order valence-electron chi connectivity index (χ3n) is 3.49. The Morgan fingerprint density at radius 1 is 1.27 bits per heavy atom. The normalized spacial score (nSPS) is 12.3. The molecule has 1 amide bonds. The van der Waals surface area contributed by atoms with Crippen molar-refractivity contribution in [1.29, 1.82) is 0 Å². The Hall–Kier alpha value is -2.11. The molecule has 2 aromatic rings. The van der Waals surface area contributed by atoms with Crippen molar-refractivity contribution in [1.82, 2.24) is 10.2 Å². The summed E-state index contributed by atoms with van der Waals surface area (Å²) in [6.45, 7) is 1.67. The van der Waals surface area contributed by atoms with Crippen LogP contribution in [0.1, 0.15) is 23.8 Å². The Bertz CT molecular complexity index is 555. The fraction of sp³-hybridized carbons (Fsp3) is 0.353. The van der Waals surface area contributed by atoms with Crippen molar-refractivity contribution in [2.45, 2.75) is 19.1 Å². The molecule has 118 valence electrons. The lowest BCUT2D eigenvalue weighted by Crippen LogP contribution is -2.32. The van der Waals surface area contributed by atoms with Crippen LogP contribution in [0.4, 0.5) is 0 Å². The van der Waals surface area contributed by atoms with E-state index in [9.17, 15) is 9.90 Å². The van der Waals surface area contributed by atoms with Crippen LogP contribution in [0.15, 0.2) is 53.1 Å². The summed E-state index contributed by atoms with van der Waals surface area (Å²) in [5, 5.41) is 12.9. The van der Waals surface area contributed by atoms with Crippen LogP contribution in [0.5, 0.6) is 0 Å². The molecule has 0 aliphatic rings. The van der Waals surface area contributed by atoms with E-state index in [0.29, 0.717) is 31.8 Å². The fourth-order valence-electron chi connectivity index (χ4n) is 2.28. The fourth-order valence-corrected chi connectivity index (χ4v) is 2.28. The first kappa shape index (κ1) is 16.3. The standard InChI is InChI=1S/C17H22N2O3/c1-18-17(21)9-10-19(12-14-6-3-2-4-7-14)13-15(20)16-8-5-11-22-16/h2-8,11,15,20H,9-10,12-13H2,1H3,(H,18,21). The number of aliphatic hydroxyl groups excluding tert-OH is 1. The summed E-state index contributed by atoms with van der Waals surface area (Å²) in [7, 11) is 1.63. The average molecular weight is 302 g/mol. The van der Waals surface area contributed by atoms with Gasteiger partial charge >= 0.3 is 0 Å². The van der Waals surface area contributed by atoms with Crippen molar-refractivity contribution < 1.29 is 14.3 Å². The number of carbonyl (C=O) groups is 1. The van der Waals surface area contributed by atoms with Crippen LogP contribution in [0, 0.1) is 0 Å². The van der Waals surface area contributed by atoms with Gasteiger partial charge in [-0.2, -0.15) is 0 Å². The van der Waals surface area contributed by atoms with Crippen molar-refractivity contribution in [2.75, 3.05) is 20.1 Å². The Morgan fingerprint density at radius 3 is 2.68 bits per heavy atom. The Balaban J connectivity index is 1.98. The van der Waals surface area contributed by atoms with E-state index in [-0.39, 0.29) is 5.91 Å². The van der Waals surface area contributed by atoms with Crippen molar-refractivity contribution in [3.05, 3.63) is 60.1 Å². The predicted molar refractivity (Wildman–Crippen MR) is 84.1 cm³/mol. The van der Waals surface area contributed by atoms with Gasteiger partial charge in [-0.05, 0) is 17.7 Å². The molecule has 1 unspecified atom stereocenters. The number of benzene rings is 1. The van der Waals surface area contributed by atoms with Crippen LogP contribution in [0.2, 0.25) is 0 Å². The molecule has 2 N–H and O–H groups in total. The van der Waals surface area contributed by atoms with Crippen molar-refractivity contribution >= 4 is 5.91 Å². The van der Waals surface area contributed by atoms with E-state index in [1.165, 1.54) is 0 Å². The minimum Gasteiger partial charge on any atom is -0.467 e. The molecule has 2 rings (SSSR count). The molecule has 0 aliphatic heterocycles. The van der Waals surface area contributed by atoms with Crippen LogP contribution in [-0.2, 0) is 11.3 Å². The van der Waals surface area contributed by atoms with Gasteiger partial charge in [-0.15, -0.1) is 0 Å². The zero-order valence-corrected chi connectivity index (χ0v) is 12.7. The summed E-state index contributed by atoms with van der Waals surface area (Å²) in [6.07, 6.45) is 1.24. The van der Waals surface area contributed by atoms with Gasteiger partial charge in [0, 0.05) is 33.1 Å². The molecular formula is C17H22N2O3. The molecule has 0 saturated carbocycles. The Kier molecular flexibility index (Phi) is 6.18. The van der Waals surface area contributed by atoms with Crippen molar-refractivity contribution in [2.24, 2.45) is 0 Å². The van der Waals surface area contributed by atoms with Gasteiger partial charge in [0.1, 0.15) is 11.9 Å². The minimum absolute atomic E-state index is 0.00875. The highest BCUT2D eigenvalue weighted by molar-refractivity contribution is 5.75. The third-order valence-corrected chi connectivity index (χ3v) is 3.49. The van der Waals surface area contributed by atoms with Crippen LogP contribution in [0.25, 0.3) is 0 Å². The van der Waals surface area contributed by atoms with Crippen LogP contribution < -0.4 is 5.32 Å². The molecule has 22 heavy (non-hydrogen) atoms. The van der Waals surface area contributed by atoms with E-state index in [4.69, 9.17) is 4.42 Å². The second kappa shape index (κ2) is 8.36. The third kappa shape index (κ3) is 5.02. The first-order valence-corrected chi connectivity index (χ1v) is 7.37. The molecule has 0 aliphatic carbocycles. The maximum Gasteiger partial charge on any atom is 0.221 e. The van der Waals surface area contributed by atoms with Crippen LogP contribution in [0.3, 0.4) is 0 Å². The Labute approximate surface area is 130 Å². The number of nitrogens with zero attached hydrogens (tertiary/aromatic N) is 1. The van der Waals surface area contributed by atoms with E-state index < -0.39 is 6.10 Å². The number of carbonyl (C=O) groups excluding carboxylic acids is 1. The quantitative estimate of drug-likeness (QED) is 0.782. The molecule has 0 fully saturated rings. The molecule has 0 saturated heterocycles. The first-order chi connectivity index (χ1) is 10.7. The molecule has 1 heterocycles. The van der Waals surface area contributed by atoms with Gasteiger partial charge in [-0.25, -0.2) is 0 Å². The van der Waals surface area contributed by atoms with E-state index in [1.54, 1.807) is 25.4 Å². The summed E-state index contributed by atoms with van der Waals surface area (Å²) in [6, 6.07) is 13.5. The maximum atomic E-state index is 11.5. The molecular weight excluding hydrogens is 280 g/mol. The molecule has 5 nitrogen and oxygen atoms in total. The summed E-state index contributed by atoms with van der Waals surface area (Å²) in [4.78, 5) is 13.5. The van der Waals surface area contributed by atoms with E-state index in [1.807, 2.05) is 30.3 Å². The lowest BCUT2D eigenvalue weighted by molar-refractivity contribution is -0.121. The smallest absolute Gasteiger partial charge is 0.221 e. The number of amides is 1. The number of hydrogen-bond donors (Lipinski definition) is 2. The van der Waals surface area contributed by atoms with Gasteiger partial charge in [0.15, 0.2) is 0 Å². The zero-order chi connectivity index (χ0) is 15.8. The minimum atomic E-state index is -0.705. The van der Waals surface area contributed by atoms with Crippen molar-refractivity contribution in [3.8, 4) is 0 Å². The second-order valence-electron chi connectivity index (χ2n) is 5.18. The molecule has 5 heteroatoms. The number of rotatable bonds is 8. The SMILES string of the molecule is CNC(=O)CCN(Cc1ccccc1)CC(O)c1ccco1. The summed E-state index contributed by atoms with van der Waals surface area (Å²) in [5.74, 6) is 0.531. The van der Waals surface area contributed by atoms with Gasteiger partial charge in [0.2, 0.25) is 5.91 Å². The molecule has 0 radical (unpaired) electrons. The predicted octanol–water partition coefficient (Wildman–Crippen LogP) is 1.95. The molecule has 1 aromatic heterocycles. The highest BCUT2D eigenvalue weighted by Gasteiger charge is 2.16. The van der Waals surface area contributed by atoms with Gasteiger partial charge in [-0.3, -0.25) is 9.69 Å². The van der Waals surface area contributed by atoms with E-state index in [0.717, 1.165) is 5.56 Å². The number of hydrogen-bond acceptors (Lipinski definition) is 4. The molecule has 0 bridgehead atoms. The number of aliphatic hydroxyl groups is 1. The van der Waals surface area contributed by atoms with Crippen LogP contribution in [-0.4, -0.2) is 36.1 Å². The van der Waals surface area contributed by atoms with E-state index in [2.05, 4.69) is 10.2 Å². The van der Waals surface area contributed by atoms with Gasteiger partial charge < -0.3 is 14.8 Å². The second-order valence-corrected chi connectivity index (χ2v) is 5.18. The largest absolute Gasteiger partial charge is 0.467 e. The molecule has 1 aromatic carbocycles. The van der Waals surface area contributed by atoms with Gasteiger partial charge in [0.25, 0.3) is 0 Å². The zero-order valence-electron chi connectivity index (χ0n) is 12.7. The summed E-state index contributed by atoms with van der Waals surface area (Å²) in [5.41, 5.74) is 1.14. The average Bonchev–Trinajstić information content (AvgIpc) is 3.07. The number of furan rings is 1. The summed E-state index contributed by atoms with van der Waals surface area (Å²) < 4.78 is 5.24. The molecule has 0 spiro atoms. The van der Waals surface area contributed by atoms with Gasteiger partial charge in [0.05, 0.1) is 6.26 Å². The monoisotopic (exact) mass is 302 g/mol. The number of nitrogens with one attached hydrogen (secondary N) is 1. The maximum absolute atomic E-state index is 11.5. The van der Waals surface area contributed by atoms with E-state index >= 15 is 0 Å². The van der Waals surface area contributed by atoms with Gasteiger partial charge in [-0.1, -0.05) is 30.3 Å². The lowest BCUT2D eigenvalue weighted by Gasteiger charge is -2.24. The summed E-state index contributed by atoms with van der Waals surface area (Å²) >= 11 is 0. The van der Waals surface area contributed by atoms with Crippen molar-refractivity contribution in [3.63, 3.8) is 0 Å². The Morgan fingerprint density at radius 2 is 2.05 bits per heavy atom. The highest BCUT2D eigenvalue weighted by Crippen LogP contribution is 2.16. The highest BCUT2D eigenvalue weighted by atomic mass is 16.4. The lowest BCUT2D eigenvalue weighted by atomic mass is 10.2.